The Morgan fingerprint density at radius 1 is 1.07 bits per heavy atom. The third-order valence-electron chi connectivity index (χ3n) is 5.20. The Hall–Kier alpha value is -3.41. The van der Waals surface area contributed by atoms with Crippen LogP contribution in [0.25, 0.3) is 5.69 Å². The number of carbonyl (C=O) groups excluding carboxylic acids is 2. The van der Waals surface area contributed by atoms with Crippen molar-refractivity contribution in [1.29, 1.82) is 0 Å². The standard InChI is InChI=1S/C23H24N4O2/c1-15(17-8-6-9-18(14-17)25-16(2)28)24-23(29)22-20-12-7-13-21(20)27(26-22)19-10-4-3-5-11-19/h3-6,8-11,14-15H,7,12-13H2,1-2H3,(H,24,29)(H,25,28). The predicted molar refractivity (Wildman–Crippen MR) is 112 cm³/mol. The van der Waals surface area contributed by atoms with Crippen molar-refractivity contribution in [2.45, 2.75) is 39.2 Å². The zero-order valence-corrected chi connectivity index (χ0v) is 16.6. The molecule has 148 valence electrons. The van der Waals surface area contributed by atoms with Crippen LogP contribution in [0, 0.1) is 0 Å². The van der Waals surface area contributed by atoms with Gasteiger partial charge in [0.1, 0.15) is 0 Å². The number of anilines is 1. The first kappa shape index (κ1) is 18.9. The second-order valence-electron chi connectivity index (χ2n) is 7.38. The number of nitrogens with one attached hydrogen (secondary N) is 2. The minimum Gasteiger partial charge on any atom is -0.344 e. The number of rotatable bonds is 5. The number of benzene rings is 2. The molecule has 1 aliphatic rings. The summed E-state index contributed by atoms with van der Waals surface area (Å²) >= 11 is 0. The van der Waals surface area contributed by atoms with Crippen LogP contribution < -0.4 is 10.6 Å². The van der Waals surface area contributed by atoms with E-state index in [1.54, 1.807) is 0 Å². The molecule has 6 nitrogen and oxygen atoms in total. The fourth-order valence-corrected chi connectivity index (χ4v) is 3.84. The highest BCUT2D eigenvalue weighted by Gasteiger charge is 2.27. The maximum atomic E-state index is 13.0. The van der Waals surface area contributed by atoms with Crippen LogP contribution in [-0.4, -0.2) is 21.6 Å². The minimum absolute atomic E-state index is 0.124. The van der Waals surface area contributed by atoms with Gasteiger partial charge in [-0.2, -0.15) is 5.10 Å². The number of amides is 2. The van der Waals surface area contributed by atoms with Crippen LogP contribution >= 0.6 is 0 Å². The summed E-state index contributed by atoms with van der Waals surface area (Å²) in [5, 5.41) is 10.5. The van der Waals surface area contributed by atoms with Crippen LogP contribution in [0.1, 0.15) is 53.6 Å². The normalized spacial score (nSPS) is 13.6. The quantitative estimate of drug-likeness (QED) is 0.698. The van der Waals surface area contributed by atoms with Crippen LogP contribution in [-0.2, 0) is 17.6 Å². The van der Waals surface area contributed by atoms with Crippen LogP contribution in [0.2, 0.25) is 0 Å². The molecule has 29 heavy (non-hydrogen) atoms. The lowest BCUT2D eigenvalue weighted by Gasteiger charge is -2.15. The van der Waals surface area contributed by atoms with Gasteiger partial charge in [-0.3, -0.25) is 9.59 Å². The maximum Gasteiger partial charge on any atom is 0.272 e. The molecule has 0 aliphatic heterocycles. The van der Waals surface area contributed by atoms with E-state index < -0.39 is 0 Å². The molecule has 1 aliphatic carbocycles. The molecule has 0 bridgehead atoms. The molecule has 2 N–H and O–H groups in total. The van der Waals surface area contributed by atoms with Gasteiger partial charge in [-0.25, -0.2) is 4.68 Å². The molecular weight excluding hydrogens is 364 g/mol. The van der Waals surface area contributed by atoms with Gasteiger partial charge >= 0.3 is 0 Å². The summed E-state index contributed by atoms with van der Waals surface area (Å²) in [6.45, 7) is 3.40. The summed E-state index contributed by atoms with van der Waals surface area (Å²) in [5.41, 5.74) is 5.29. The first-order valence-electron chi connectivity index (χ1n) is 9.87. The molecule has 0 fully saturated rings. The molecule has 1 unspecified atom stereocenters. The molecule has 2 amide bonds. The Morgan fingerprint density at radius 2 is 1.86 bits per heavy atom. The van der Waals surface area contributed by atoms with Gasteiger partial charge in [0.25, 0.3) is 5.91 Å². The lowest BCUT2D eigenvalue weighted by atomic mass is 10.1. The van der Waals surface area contributed by atoms with Gasteiger partial charge in [-0.1, -0.05) is 30.3 Å². The molecule has 2 aromatic carbocycles. The summed E-state index contributed by atoms with van der Waals surface area (Å²) < 4.78 is 1.90. The molecule has 1 heterocycles. The third kappa shape index (κ3) is 3.92. The second-order valence-corrected chi connectivity index (χ2v) is 7.38. The molecule has 0 saturated heterocycles. The summed E-state index contributed by atoms with van der Waals surface area (Å²) in [7, 11) is 0. The molecular formula is C23H24N4O2. The zero-order chi connectivity index (χ0) is 20.4. The van der Waals surface area contributed by atoms with Crippen LogP contribution in [0.5, 0.6) is 0 Å². The van der Waals surface area contributed by atoms with E-state index in [1.807, 2.05) is 66.2 Å². The van der Waals surface area contributed by atoms with Crippen molar-refractivity contribution in [2.75, 3.05) is 5.32 Å². The topological polar surface area (TPSA) is 76.0 Å². The van der Waals surface area contributed by atoms with Crippen molar-refractivity contribution in [2.24, 2.45) is 0 Å². The van der Waals surface area contributed by atoms with Crippen molar-refractivity contribution < 1.29 is 9.59 Å². The first-order valence-corrected chi connectivity index (χ1v) is 9.87. The van der Waals surface area contributed by atoms with E-state index in [1.165, 1.54) is 6.92 Å². The van der Waals surface area contributed by atoms with Gasteiger partial charge in [-0.05, 0) is 56.0 Å². The summed E-state index contributed by atoms with van der Waals surface area (Å²) in [6, 6.07) is 17.2. The van der Waals surface area contributed by atoms with Crippen molar-refractivity contribution in [3.63, 3.8) is 0 Å². The lowest BCUT2D eigenvalue weighted by molar-refractivity contribution is -0.114. The van der Waals surface area contributed by atoms with Crippen molar-refractivity contribution >= 4 is 17.5 Å². The number of fused-ring (bicyclic) bond motifs is 1. The Balaban J connectivity index is 1.57. The highest BCUT2D eigenvalue weighted by atomic mass is 16.2. The summed E-state index contributed by atoms with van der Waals surface area (Å²) in [5.74, 6) is -0.295. The predicted octanol–water partition coefficient (Wildman–Crippen LogP) is 3.81. The second kappa shape index (κ2) is 7.91. The Bertz CT molecular complexity index is 1060. The van der Waals surface area contributed by atoms with E-state index in [-0.39, 0.29) is 17.9 Å². The fraction of sp³-hybridized carbons (Fsp3) is 0.261. The van der Waals surface area contributed by atoms with Crippen LogP contribution in [0.3, 0.4) is 0 Å². The van der Waals surface area contributed by atoms with Crippen molar-refractivity contribution in [1.82, 2.24) is 15.1 Å². The first-order chi connectivity index (χ1) is 14.0. The minimum atomic E-state index is -0.213. The van der Waals surface area contributed by atoms with E-state index in [0.717, 1.165) is 41.8 Å². The SMILES string of the molecule is CC(=O)Nc1cccc(C(C)NC(=O)c2nn(-c3ccccc3)c3c2CCC3)c1. The average Bonchev–Trinajstić information content (AvgIpc) is 3.31. The number of para-hydroxylation sites is 1. The number of hydrogen-bond acceptors (Lipinski definition) is 3. The Kier molecular flexibility index (Phi) is 5.16. The zero-order valence-electron chi connectivity index (χ0n) is 16.6. The van der Waals surface area contributed by atoms with Crippen LogP contribution in [0.4, 0.5) is 5.69 Å². The highest BCUT2D eigenvalue weighted by molar-refractivity contribution is 5.94. The molecule has 1 atom stereocenters. The molecule has 0 radical (unpaired) electrons. The fourth-order valence-electron chi connectivity index (χ4n) is 3.84. The average molecular weight is 388 g/mol. The molecule has 6 heteroatoms. The lowest BCUT2D eigenvalue weighted by Crippen LogP contribution is -2.28. The van der Waals surface area contributed by atoms with Gasteiger partial charge in [0.2, 0.25) is 5.91 Å². The van der Waals surface area contributed by atoms with Crippen molar-refractivity contribution in [3.8, 4) is 5.69 Å². The molecule has 0 saturated carbocycles. The molecule has 3 aromatic rings. The van der Waals surface area contributed by atoms with Gasteiger partial charge in [-0.15, -0.1) is 0 Å². The van der Waals surface area contributed by atoms with E-state index in [2.05, 4.69) is 15.7 Å². The number of carbonyl (C=O) groups is 2. The largest absolute Gasteiger partial charge is 0.344 e. The van der Waals surface area contributed by atoms with Gasteiger partial charge in [0.15, 0.2) is 5.69 Å². The smallest absolute Gasteiger partial charge is 0.272 e. The van der Waals surface area contributed by atoms with Gasteiger partial charge in [0.05, 0.1) is 11.7 Å². The highest BCUT2D eigenvalue weighted by Crippen LogP contribution is 2.28. The third-order valence-corrected chi connectivity index (χ3v) is 5.20. The van der Waals surface area contributed by atoms with Crippen LogP contribution in [0.15, 0.2) is 54.6 Å². The maximum absolute atomic E-state index is 13.0. The van der Waals surface area contributed by atoms with E-state index >= 15 is 0 Å². The molecule has 0 spiro atoms. The van der Waals surface area contributed by atoms with E-state index in [9.17, 15) is 9.59 Å². The van der Waals surface area contributed by atoms with E-state index in [4.69, 9.17) is 0 Å². The Labute approximate surface area is 169 Å². The summed E-state index contributed by atoms with van der Waals surface area (Å²) in [4.78, 5) is 24.3. The number of aromatic nitrogens is 2. The van der Waals surface area contributed by atoms with Gasteiger partial charge in [0, 0.05) is 23.9 Å². The number of hydrogen-bond donors (Lipinski definition) is 2. The molecule has 4 rings (SSSR count). The van der Waals surface area contributed by atoms with Gasteiger partial charge < -0.3 is 10.6 Å². The summed E-state index contributed by atoms with van der Waals surface area (Å²) in [6.07, 6.45) is 2.84. The van der Waals surface area contributed by atoms with Crippen molar-refractivity contribution in [3.05, 3.63) is 77.1 Å². The Morgan fingerprint density at radius 3 is 2.62 bits per heavy atom. The monoisotopic (exact) mass is 388 g/mol. The van der Waals surface area contributed by atoms with E-state index in [0.29, 0.717) is 11.4 Å². The molecule has 1 aromatic heterocycles. The number of nitrogens with zero attached hydrogens (tertiary/aromatic N) is 2.